The zero-order valence-electron chi connectivity index (χ0n) is 24.6. The van der Waals surface area contributed by atoms with Gasteiger partial charge in [-0.05, 0) is 17.7 Å². The van der Waals surface area contributed by atoms with E-state index in [4.69, 9.17) is 14.5 Å². The van der Waals surface area contributed by atoms with Gasteiger partial charge in [-0.25, -0.2) is 0 Å². The fraction of sp³-hybridized carbons (Fsp3) is 0.158. The molecule has 0 N–H and O–H groups in total. The number of para-hydroxylation sites is 1. The highest BCUT2D eigenvalue weighted by Crippen LogP contribution is 2.63. The topological polar surface area (TPSA) is 85.8 Å². The molecule has 7 heteroatoms. The summed E-state index contributed by atoms with van der Waals surface area (Å²) in [5.74, 6) is -0.943. The van der Waals surface area contributed by atoms with Crippen molar-refractivity contribution in [1.82, 2.24) is 4.98 Å². The van der Waals surface area contributed by atoms with E-state index in [0.29, 0.717) is 39.3 Å². The molecule has 1 fully saturated rings. The Hall–Kier alpha value is -5.56. The molecule has 1 aromatic heterocycles. The number of ether oxygens (including phenoxy) is 2. The van der Waals surface area contributed by atoms with Crippen LogP contribution in [0.15, 0.2) is 109 Å². The molecule has 1 saturated heterocycles. The number of nitrogens with zero attached hydrogens (tertiary/aromatic N) is 2. The lowest BCUT2D eigenvalue weighted by Crippen LogP contribution is -2.48. The highest BCUT2D eigenvalue weighted by molar-refractivity contribution is 6.32. The van der Waals surface area contributed by atoms with E-state index < -0.39 is 23.4 Å². The van der Waals surface area contributed by atoms with Crippen molar-refractivity contribution in [2.45, 2.75) is 18.0 Å². The largest absolute Gasteiger partial charge is 0.493 e. The number of aromatic nitrogens is 1. The zero-order chi connectivity index (χ0) is 30.9. The summed E-state index contributed by atoms with van der Waals surface area (Å²) in [4.78, 5) is 51.8. The summed E-state index contributed by atoms with van der Waals surface area (Å²) < 4.78 is 11.6. The smallest absolute Gasteiger partial charge is 0.185 e. The van der Waals surface area contributed by atoms with Gasteiger partial charge in [-0.15, -0.1) is 0 Å². The van der Waals surface area contributed by atoms with Crippen LogP contribution in [0.1, 0.15) is 48.1 Å². The van der Waals surface area contributed by atoms with Crippen molar-refractivity contribution in [2.75, 3.05) is 19.1 Å². The van der Waals surface area contributed by atoms with Crippen LogP contribution in [0.4, 0.5) is 5.69 Å². The Balaban J connectivity index is 1.51. The quantitative estimate of drug-likeness (QED) is 0.169. The Kier molecular flexibility index (Phi) is 6.00. The Morgan fingerprint density at radius 1 is 0.800 bits per heavy atom. The first kappa shape index (κ1) is 27.0. The molecule has 8 rings (SSSR count). The third kappa shape index (κ3) is 3.52. The van der Waals surface area contributed by atoms with Crippen LogP contribution in [0.2, 0.25) is 0 Å². The van der Waals surface area contributed by atoms with Crippen LogP contribution in [0.3, 0.4) is 0 Å². The minimum atomic E-state index is -1.68. The number of carbonyl (C=O) groups is 3. The molecule has 2 aliphatic heterocycles. The van der Waals surface area contributed by atoms with Gasteiger partial charge in [0.1, 0.15) is 11.5 Å². The molecule has 0 unspecified atom stereocenters. The molecule has 3 aliphatic rings. The van der Waals surface area contributed by atoms with Crippen LogP contribution in [0.25, 0.3) is 17.0 Å². The molecule has 1 aliphatic carbocycles. The number of carbonyl (C=O) groups excluding carboxylic acids is 3. The van der Waals surface area contributed by atoms with E-state index in [9.17, 15) is 0 Å². The fourth-order valence-electron chi connectivity index (χ4n) is 7.86. The molecule has 0 radical (unpaired) electrons. The summed E-state index contributed by atoms with van der Waals surface area (Å²) in [5, 5.41) is 0.889. The van der Waals surface area contributed by atoms with Gasteiger partial charge in [0, 0.05) is 39.8 Å². The van der Waals surface area contributed by atoms with E-state index in [1.807, 2.05) is 71.6 Å². The lowest BCUT2D eigenvalue weighted by molar-refractivity contribution is 0.0664. The van der Waals surface area contributed by atoms with E-state index >= 15 is 14.4 Å². The first-order valence-electron chi connectivity index (χ1n) is 14.9. The van der Waals surface area contributed by atoms with Crippen molar-refractivity contribution in [3.63, 3.8) is 0 Å². The van der Waals surface area contributed by atoms with Crippen LogP contribution in [0, 0.1) is 5.41 Å². The van der Waals surface area contributed by atoms with Crippen molar-refractivity contribution in [1.29, 1.82) is 0 Å². The number of rotatable bonds is 5. The average Bonchev–Trinajstić information content (AvgIpc) is 3.53. The lowest BCUT2D eigenvalue weighted by atomic mass is 9.64. The number of benzene rings is 4. The molecular formula is C38H28N2O5. The van der Waals surface area contributed by atoms with Gasteiger partial charge in [0.05, 0.1) is 31.5 Å². The first-order chi connectivity index (χ1) is 22.0. The molecular weight excluding hydrogens is 564 g/mol. The van der Waals surface area contributed by atoms with Gasteiger partial charge in [0.15, 0.2) is 28.8 Å². The maximum absolute atomic E-state index is 15.0. The molecule has 7 nitrogen and oxygen atoms in total. The number of methoxy groups -OCH3 is 2. The maximum atomic E-state index is 15.0. The van der Waals surface area contributed by atoms with Gasteiger partial charge in [-0.1, -0.05) is 97.1 Å². The second-order valence-corrected chi connectivity index (χ2v) is 11.6. The van der Waals surface area contributed by atoms with Gasteiger partial charge in [-0.3, -0.25) is 19.4 Å². The number of ketones is 3. The summed E-state index contributed by atoms with van der Waals surface area (Å²) in [6.45, 7) is 0. The number of anilines is 1. The highest BCUT2D eigenvalue weighted by Gasteiger charge is 2.72. The third-order valence-electron chi connectivity index (χ3n) is 9.63. The summed E-state index contributed by atoms with van der Waals surface area (Å²) in [6, 6.07) is 27.5. The number of hydrogen-bond acceptors (Lipinski definition) is 7. The second-order valence-electron chi connectivity index (χ2n) is 11.6. The van der Waals surface area contributed by atoms with E-state index in [2.05, 4.69) is 0 Å². The Bertz CT molecular complexity index is 2050. The standard InChI is InChI=1S/C38H28N2O5/c1-44-28-16-8-15-27(35(28)45-2)30-33(34(41)24-10-4-3-5-11-24)40-29(38(30)36(42)25-13-6-7-14-26(25)37(38)43)20-19-23-18-17-22-12-9-21-39-31(22)32(23)40/h3-21,29-30,33H,1-2H3/t29-,30+,33+/m0/s1. The highest BCUT2D eigenvalue weighted by atomic mass is 16.5. The van der Waals surface area contributed by atoms with Gasteiger partial charge < -0.3 is 14.4 Å². The van der Waals surface area contributed by atoms with Gasteiger partial charge in [0.25, 0.3) is 0 Å². The SMILES string of the molecule is COc1cccc([C@@H]2[C@H](C(=O)c3ccccc3)N3c4c(ccc5cccnc45)C=C[C@H]3C23C(=O)c2ccccc2C3=O)c1OC. The Labute approximate surface area is 259 Å². The van der Waals surface area contributed by atoms with Crippen LogP contribution in [-0.4, -0.2) is 48.6 Å². The molecule has 0 amide bonds. The third-order valence-corrected chi connectivity index (χ3v) is 9.63. The predicted octanol–water partition coefficient (Wildman–Crippen LogP) is 6.57. The molecule has 3 atom stereocenters. The molecule has 4 aromatic carbocycles. The average molecular weight is 593 g/mol. The Morgan fingerprint density at radius 3 is 2.24 bits per heavy atom. The molecule has 1 spiro atoms. The van der Waals surface area contributed by atoms with Crippen molar-refractivity contribution < 1.29 is 23.9 Å². The van der Waals surface area contributed by atoms with Crippen molar-refractivity contribution >= 4 is 40.0 Å². The molecule has 0 saturated carbocycles. The Morgan fingerprint density at radius 2 is 1.53 bits per heavy atom. The lowest BCUT2D eigenvalue weighted by Gasteiger charge is -2.37. The molecule has 3 heterocycles. The number of pyridine rings is 1. The minimum absolute atomic E-state index is 0.210. The van der Waals surface area contributed by atoms with Crippen LogP contribution < -0.4 is 14.4 Å². The monoisotopic (exact) mass is 592 g/mol. The van der Waals surface area contributed by atoms with E-state index in [-0.39, 0.29) is 17.3 Å². The summed E-state index contributed by atoms with van der Waals surface area (Å²) >= 11 is 0. The van der Waals surface area contributed by atoms with Crippen LogP contribution >= 0.6 is 0 Å². The van der Waals surface area contributed by atoms with Gasteiger partial charge in [-0.2, -0.15) is 0 Å². The van der Waals surface area contributed by atoms with Gasteiger partial charge in [0.2, 0.25) is 0 Å². The van der Waals surface area contributed by atoms with Crippen molar-refractivity contribution in [3.8, 4) is 11.5 Å². The van der Waals surface area contributed by atoms with Crippen molar-refractivity contribution in [2.24, 2.45) is 5.41 Å². The number of hydrogen-bond donors (Lipinski definition) is 0. The van der Waals surface area contributed by atoms with Crippen molar-refractivity contribution in [3.05, 3.63) is 137 Å². The molecule has 0 bridgehead atoms. The number of Topliss-reactive ketones (excluding diaryl/α,β-unsaturated/α-hetero) is 3. The van der Waals surface area contributed by atoms with Crippen LogP contribution in [-0.2, 0) is 0 Å². The van der Waals surface area contributed by atoms with E-state index in [0.717, 1.165) is 16.6 Å². The molecule has 220 valence electrons. The molecule has 45 heavy (non-hydrogen) atoms. The summed E-state index contributed by atoms with van der Waals surface area (Å²) in [6.07, 6.45) is 5.59. The fourth-order valence-corrected chi connectivity index (χ4v) is 7.86. The zero-order valence-corrected chi connectivity index (χ0v) is 24.6. The van der Waals surface area contributed by atoms with Crippen LogP contribution in [0.5, 0.6) is 11.5 Å². The first-order valence-corrected chi connectivity index (χ1v) is 14.9. The van der Waals surface area contributed by atoms with E-state index in [1.165, 1.54) is 7.11 Å². The predicted molar refractivity (Wildman–Crippen MR) is 171 cm³/mol. The molecule has 5 aromatic rings. The van der Waals surface area contributed by atoms with E-state index in [1.54, 1.807) is 55.8 Å². The normalized spacial score (nSPS) is 20.7. The van der Waals surface area contributed by atoms with Gasteiger partial charge >= 0.3 is 0 Å². The second kappa shape index (κ2) is 9.99. The summed E-state index contributed by atoms with van der Waals surface area (Å²) in [7, 11) is 3.07. The number of fused-ring (bicyclic) bond motifs is 7. The summed E-state index contributed by atoms with van der Waals surface area (Å²) in [5.41, 5.74) is 2.34. The minimum Gasteiger partial charge on any atom is -0.493 e. The maximum Gasteiger partial charge on any atom is 0.185 e.